The van der Waals surface area contributed by atoms with Crippen LogP contribution in [-0.2, 0) is 0 Å². The van der Waals surface area contributed by atoms with Crippen molar-refractivity contribution >= 4 is 32.7 Å². The van der Waals surface area contributed by atoms with E-state index in [4.69, 9.17) is 4.42 Å². The van der Waals surface area contributed by atoms with Crippen molar-refractivity contribution in [2.75, 3.05) is 0 Å². The fourth-order valence-electron chi connectivity index (χ4n) is 7.84. The maximum Gasteiger partial charge on any atom is 0.136 e. The largest absolute Gasteiger partial charge is 0.456 e. The smallest absolute Gasteiger partial charge is 0.136 e. The van der Waals surface area contributed by atoms with Crippen molar-refractivity contribution in [1.29, 1.82) is 5.26 Å². The summed E-state index contributed by atoms with van der Waals surface area (Å²) < 4.78 is 6.21. The first-order chi connectivity index (χ1) is 24.2. The summed E-state index contributed by atoms with van der Waals surface area (Å²) in [7, 11) is 0. The highest BCUT2D eigenvalue weighted by Gasteiger charge is 2.30. The van der Waals surface area contributed by atoms with E-state index in [1.54, 1.807) is 0 Å². The van der Waals surface area contributed by atoms with Crippen LogP contribution in [0.5, 0.6) is 0 Å². The minimum absolute atomic E-state index is 0.597. The van der Waals surface area contributed by atoms with Gasteiger partial charge in [0, 0.05) is 10.8 Å². The van der Waals surface area contributed by atoms with Crippen molar-refractivity contribution < 1.29 is 4.42 Å². The summed E-state index contributed by atoms with van der Waals surface area (Å²) in [6, 6.07) is 60.6. The van der Waals surface area contributed by atoms with Gasteiger partial charge in [-0.3, -0.25) is 0 Å². The molecule has 0 aliphatic heterocycles. The summed E-state index contributed by atoms with van der Waals surface area (Å²) in [5, 5.41) is 14.0. The summed E-state index contributed by atoms with van der Waals surface area (Å²) in [6.07, 6.45) is 0. The Labute approximate surface area is 283 Å². The number of nitriles is 1. The first-order valence-corrected chi connectivity index (χ1v) is 16.6. The molecule has 0 spiro atoms. The molecule has 0 saturated heterocycles. The minimum atomic E-state index is 0.597. The summed E-state index contributed by atoms with van der Waals surface area (Å²) in [5.41, 5.74) is 16.8. The molecule has 8 aromatic carbocycles. The standard InChI is InChI=1S/C47H27NO/c48-28-29-17-23-36-37-24-22-35(26-43(37)49-42(36)25-29)30-18-20-32(21-19-30)40-27-41(31-9-3-1-4-10-31)46-38-15-7-13-33-14-8-16-39(44(33)38)47(46)45(40)34-11-5-2-6-12-34/h1-27H. The molecule has 0 fully saturated rings. The SMILES string of the molecule is N#Cc1ccc2c(c1)oc1cc(-c3ccc(-c4cc(-c5ccccc5)c5c(c4-c4ccccc4)-c4cccc6cccc-5c46)cc3)ccc12. The van der Waals surface area contributed by atoms with Gasteiger partial charge in [-0.1, -0.05) is 127 Å². The Balaban J connectivity index is 1.19. The van der Waals surface area contributed by atoms with Crippen LogP contribution in [0.25, 0.3) is 99.5 Å². The zero-order chi connectivity index (χ0) is 32.5. The molecule has 1 heterocycles. The van der Waals surface area contributed by atoms with E-state index < -0.39 is 0 Å². The van der Waals surface area contributed by atoms with Gasteiger partial charge in [0.15, 0.2) is 0 Å². The molecule has 226 valence electrons. The Morgan fingerprint density at radius 2 is 0.959 bits per heavy atom. The van der Waals surface area contributed by atoms with Gasteiger partial charge in [0.05, 0.1) is 11.6 Å². The predicted molar refractivity (Wildman–Crippen MR) is 202 cm³/mol. The lowest BCUT2D eigenvalue weighted by Crippen LogP contribution is -1.94. The lowest BCUT2D eigenvalue weighted by Gasteiger charge is -2.21. The van der Waals surface area contributed by atoms with Crippen LogP contribution in [-0.4, -0.2) is 0 Å². The molecule has 2 nitrogen and oxygen atoms in total. The topological polar surface area (TPSA) is 36.9 Å². The highest BCUT2D eigenvalue weighted by Crippen LogP contribution is 2.57. The lowest BCUT2D eigenvalue weighted by atomic mass is 9.82. The zero-order valence-electron chi connectivity index (χ0n) is 26.4. The summed E-state index contributed by atoms with van der Waals surface area (Å²) in [6.45, 7) is 0. The third-order valence-corrected chi connectivity index (χ3v) is 10.0. The highest BCUT2D eigenvalue weighted by molar-refractivity contribution is 6.22. The molecule has 10 rings (SSSR count). The Hall–Kier alpha value is -6.69. The van der Waals surface area contributed by atoms with Crippen LogP contribution in [0.4, 0.5) is 0 Å². The fourth-order valence-corrected chi connectivity index (χ4v) is 7.84. The van der Waals surface area contributed by atoms with Gasteiger partial charge in [0.1, 0.15) is 11.2 Å². The second kappa shape index (κ2) is 10.7. The minimum Gasteiger partial charge on any atom is -0.456 e. The Morgan fingerprint density at radius 1 is 0.388 bits per heavy atom. The van der Waals surface area contributed by atoms with E-state index in [1.165, 1.54) is 66.4 Å². The average molecular weight is 622 g/mol. The van der Waals surface area contributed by atoms with Crippen LogP contribution in [0.2, 0.25) is 0 Å². The van der Waals surface area contributed by atoms with Crippen LogP contribution >= 0.6 is 0 Å². The molecule has 0 amide bonds. The van der Waals surface area contributed by atoms with Crippen LogP contribution in [0.1, 0.15) is 5.56 Å². The molecular formula is C47H27NO. The van der Waals surface area contributed by atoms with E-state index in [1.807, 2.05) is 18.2 Å². The summed E-state index contributed by atoms with van der Waals surface area (Å²) >= 11 is 0. The van der Waals surface area contributed by atoms with E-state index in [-0.39, 0.29) is 0 Å². The van der Waals surface area contributed by atoms with Crippen LogP contribution in [0.15, 0.2) is 168 Å². The van der Waals surface area contributed by atoms with Crippen LogP contribution in [0, 0.1) is 11.3 Å². The molecule has 0 radical (unpaired) electrons. The van der Waals surface area contributed by atoms with E-state index in [0.29, 0.717) is 5.56 Å². The van der Waals surface area contributed by atoms with E-state index in [9.17, 15) is 5.26 Å². The van der Waals surface area contributed by atoms with E-state index in [0.717, 1.165) is 33.1 Å². The fraction of sp³-hybridized carbons (Fsp3) is 0. The molecule has 0 saturated carbocycles. The molecule has 0 bridgehead atoms. The molecule has 1 aromatic heterocycles. The van der Waals surface area contributed by atoms with Gasteiger partial charge in [0.2, 0.25) is 0 Å². The normalized spacial score (nSPS) is 11.7. The molecule has 2 heteroatoms. The zero-order valence-corrected chi connectivity index (χ0v) is 26.4. The Bertz CT molecular complexity index is 2800. The number of fused-ring (bicyclic) bond motifs is 6. The number of rotatable bonds is 4. The summed E-state index contributed by atoms with van der Waals surface area (Å²) in [5.74, 6) is 0. The highest BCUT2D eigenvalue weighted by atomic mass is 16.3. The molecule has 0 atom stereocenters. The van der Waals surface area contributed by atoms with Crippen molar-refractivity contribution in [3.8, 4) is 72.8 Å². The van der Waals surface area contributed by atoms with Crippen molar-refractivity contribution in [1.82, 2.24) is 0 Å². The molecule has 1 aliphatic carbocycles. The van der Waals surface area contributed by atoms with Gasteiger partial charge in [-0.05, 0) is 114 Å². The van der Waals surface area contributed by atoms with Gasteiger partial charge in [-0.15, -0.1) is 0 Å². The van der Waals surface area contributed by atoms with Gasteiger partial charge in [0.25, 0.3) is 0 Å². The van der Waals surface area contributed by atoms with Crippen molar-refractivity contribution in [3.05, 3.63) is 169 Å². The molecule has 0 N–H and O–H groups in total. The van der Waals surface area contributed by atoms with Crippen molar-refractivity contribution in [2.45, 2.75) is 0 Å². The van der Waals surface area contributed by atoms with E-state index >= 15 is 0 Å². The Morgan fingerprint density at radius 3 is 1.67 bits per heavy atom. The number of hydrogen-bond acceptors (Lipinski definition) is 2. The maximum absolute atomic E-state index is 9.35. The first-order valence-electron chi connectivity index (χ1n) is 16.6. The first kappa shape index (κ1) is 27.4. The van der Waals surface area contributed by atoms with Gasteiger partial charge in [-0.25, -0.2) is 0 Å². The molecule has 0 unspecified atom stereocenters. The quantitative estimate of drug-likeness (QED) is 0.196. The molecule has 1 aliphatic rings. The summed E-state index contributed by atoms with van der Waals surface area (Å²) in [4.78, 5) is 0. The average Bonchev–Trinajstić information content (AvgIpc) is 3.71. The van der Waals surface area contributed by atoms with Gasteiger partial charge >= 0.3 is 0 Å². The second-order valence-electron chi connectivity index (χ2n) is 12.8. The maximum atomic E-state index is 9.35. The molecule has 9 aromatic rings. The van der Waals surface area contributed by atoms with Crippen LogP contribution in [0.3, 0.4) is 0 Å². The number of benzene rings is 8. The van der Waals surface area contributed by atoms with Crippen molar-refractivity contribution in [2.24, 2.45) is 0 Å². The van der Waals surface area contributed by atoms with Gasteiger partial charge < -0.3 is 4.42 Å². The monoisotopic (exact) mass is 621 g/mol. The third-order valence-electron chi connectivity index (χ3n) is 10.0. The molecule has 49 heavy (non-hydrogen) atoms. The molecular weight excluding hydrogens is 595 g/mol. The number of furan rings is 1. The Kier molecular flexibility index (Phi) is 5.97. The lowest BCUT2D eigenvalue weighted by molar-refractivity contribution is 0.669. The van der Waals surface area contributed by atoms with Crippen LogP contribution < -0.4 is 0 Å². The van der Waals surface area contributed by atoms with Crippen molar-refractivity contribution in [3.63, 3.8) is 0 Å². The van der Waals surface area contributed by atoms with Gasteiger partial charge in [-0.2, -0.15) is 5.26 Å². The third kappa shape index (κ3) is 4.20. The number of hydrogen-bond donors (Lipinski definition) is 0. The predicted octanol–water partition coefficient (Wildman–Crippen LogP) is 12.9. The second-order valence-corrected chi connectivity index (χ2v) is 12.8. The number of nitrogens with zero attached hydrogens (tertiary/aromatic N) is 1. The van der Waals surface area contributed by atoms with E-state index in [2.05, 4.69) is 152 Å².